The van der Waals surface area contributed by atoms with Crippen molar-refractivity contribution in [3.8, 4) is 5.75 Å². The van der Waals surface area contributed by atoms with Gasteiger partial charge in [-0.25, -0.2) is 4.39 Å². The Labute approximate surface area is 193 Å². The van der Waals surface area contributed by atoms with E-state index >= 15 is 0 Å². The monoisotopic (exact) mass is 482 g/mol. The number of rotatable bonds is 8. The van der Waals surface area contributed by atoms with E-state index in [1.807, 2.05) is 0 Å². The number of aromatic amines is 1. The number of anilines is 1. The highest BCUT2D eigenvalue weighted by atomic mass is 19.4. The molecular formula is C24H26F4N2O4. The first-order valence-electron chi connectivity index (χ1n) is 10.5. The van der Waals surface area contributed by atoms with Crippen LogP contribution in [0.5, 0.6) is 5.75 Å². The van der Waals surface area contributed by atoms with Gasteiger partial charge in [-0.1, -0.05) is 12.1 Å². The van der Waals surface area contributed by atoms with Crippen molar-refractivity contribution in [3.63, 3.8) is 0 Å². The minimum Gasteiger partial charge on any atom is -0.493 e. The van der Waals surface area contributed by atoms with Crippen molar-refractivity contribution in [3.05, 3.63) is 69.3 Å². The molecule has 0 spiro atoms. The van der Waals surface area contributed by atoms with Crippen molar-refractivity contribution in [2.45, 2.75) is 38.6 Å². The lowest BCUT2D eigenvalue weighted by Crippen LogP contribution is -2.56. The van der Waals surface area contributed by atoms with Gasteiger partial charge in [0.2, 0.25) is 11.2 Å². The molecule has 0 saturated heterocycles. The summed E-state index contributed by atoms with van der Waals surface area (Å²) in [7, 11) is 1.14. The van der Waals surface area contributed by atoms with Gasteiger partial charge >= 0.3 is 6.18 Å². The van der Waals surface area contributed by atoms with Crippen molar-refractivity contribution >= 4 is 16.6 Å². The largest absolute Gasteiger partial charge is 0.493 e. The Morgan fingerprint density at radius 2 is 1.85 bits per heavy atom. The van der Waals surface area contributed by atoms with E-state index in [1.165, 1.54) is 38.1 Å². The number of halogens is 4. The van der Waals surface area contributed by atoms with Gasteiger partial charge < -0.3 is 24.9 Å². The highest BCUT2D eigenvalue weighted by molar-refractivity contribution is 5.92. The van der Waals surface area contributed by atoms with Crippen LogP contribution >= 0.6 is 0 Å². The number of nitrogens with one attached hydrogen (secondary N) is 2. The van der Waals surface area contributed by atoms with Crippen LogP contribution in [0.1, 0.15) is 29.7 Å². The van der Waals surface area contributed by atoms with E-state index in [0.717, 1.165) is 7.11 Å². The Morgan fingerprint density at radius 1 is 1.15 bits per heavy atom. The van der Waals surface area contributed by atoms with E-state index in [9.17, 15) is 27.5 Å². The number of alkyl halides is 3. The Balaban J connectivity index is 2.31. The lowest BCUT2D eigenvalue weighted by Gasteiger charge is -2.39. The van der Waals surface area contributed by atoms with Gasteiger partial charge in [0.25, 0.3) is 0 Å². The van der Waals surface area contributed by atoms with Crippen molar-refractivity contribution in [1.82, 2.24) is 4.98 Å². The zero-order chi connectivity index (χ0) is 25.3. The SMILES string of the molecule is CCOCC(O)(C(Nc1cc(C)cc2[nH]c(=O)ccc12)c1ccc(C)c(F)c1OC)C(F)(F)F. The molecule has 0 aliphatic heterocycles. The quantitative estimate of drug-likeness (QED) is 0.403. The van der Waals surface area contributed by atoms with Gasteiger partial charge in [-0.15, -0.1) is 0 Å². The summed E-state index contributed by atoms with van der Waals surface area (Å²) in [5, 5.41) is 14.2. The summed E-state index contributed by atoms with van der Waals surface area (Å²) in [5.74, 6) is -1.27. The first kappa shape index (κ1) is 25.5. The molecule has 2 unspecified atom stereocenters. The molecule has 6 nitrogen and oxygen atoms in total. The second kappa shape index (κ2) is 9.63. The highest BCUT2D eigenvalue weighted by Crippen LogP contribution is 2.46. The standard InChI is InChI=1S/C24H26F4N2O4/c1-5-34-12-23(32,24(26,27)28)22(16-7-6-14(3)20(25)21(16)33-4)30-18-11-13(2)10-17-15(18)8-9-19(31)29-17/h6-11,22,30,32H,5,12H2,1-4H3,(H,29,31). The molecule has 184 valence electrons. The average molecular weight is 482 g/mol. The Bertz CT molecular complexity index is 1240. The normalized spacial score (nSPS) is 14.6. The van der Waals surface area contributed by atoms with Crippen molar-refractivity contribution in [2.24, 2.45) is 0 Å². The minimum atomic E-state index is -5.17. The lowest BCUT2D eigenvalue weighted by molar-refractivity contribution is -0.281. The number of methoxy groups -OCH3 is 1. The second-order valence-electron chi connectivity index (χ2n) is 8.05. The van der Waals surface area contributed by atoms with Crippen molar-refractivity contribution < 1.29 is 32.1 Å². The van der Waals surface area contributed by atoms with E-state index in [-0.39, 0.29) is 29.0 Å². The fourth-order valence-corrected chi connectivity index (χ4v) is 3.83. The fraction of sp³-hybridized carbons (Fsp3) is 0.375. The Kier molecular flexibility index (Phi) is 7.23. The molecular weight excluding hydrogens is 456 g/mol. The maximum Gasteiger partial charge on any atom is 0.421 e. The van der Waals surface area contributed by atoms with E-state index < -0.39 is 36.0 Å². The number of hydrogen-bond donors (Lipinski definition) is 3. The number of ether oxygens (including phenoxy) is 2. The molecule has 0 amide bonds. The number of aromatic nitrogens is 1. The molecule has 0 aliphatic rings. The summed E-state index contributed by atoms with van der Waals surface area (Å²) in [4.78, 5) is 14.4. The van der Waals surface area contributed by atoms with Gasteiger partial charge in [0.05, 0.1) is 25.3 Å². The van der Waals surface area contributed by atoms with Crippen molar-refractivity contribution in [1.29, 1.82) is 0 Å². The van der Waals surface area contributed by atoms with Gasteiger partial charge in [0, 0.05) is 29.3 Å². The van der Waals surface area contributed by atoms with Crippen molar-refractivity contribution in [2.75, 3.05) is 25.6 Å². The summed E-state index contributed by atoms with van der Waals surface area (Å²) in [5.41, 5.74) is -2.71. The number of fused-ring (bicyclic) bond motifs is 1. The summed E-state index contributed by atoms with van der Waals surface area (Å²) in [6.07, 6.45) is -5.17. The minimum absolute atomic E-state index is 0.0842. The van der Waals surface area contributed by atoms with Gasteiger partial charge in [-0.05, 0) is 50.1 Å². The molecule has 3 rings (SSSR count). The summed E-state index contributed by atoms with van der Waals surface area (Å²) >= 11 is 0. The van der Waals surface area contributed by atoms with Gasteiger partial charge in [0.1, 0.15) is 0 Å². The predicted octanol–water partition coefficient (Wildman–Crippen LogP) is 4.78. The Morgan fingerprint density at radius 3 is 2.47 bits per heavy atom. The van der Waals surface area contributed by atoms with Crippen LogP contribution < -0.4 is 15.6 Å². The molecule has 0 bridgehead atoms. The van der Waals surface area contributed by atoms with E-state index in [0.29, 0.717) is 16.5 Å². The predicted molar refractivity (Wildman–Crippen MR) is 121 cm³/mol. The third-order valence-corrected chi connectivity index (χ3v) is 5.61. The second-order valence-corrected chi connectivity index (χ2v) is 8.05. The van der Waals surface area contributed by atoms with E-state index in [2.05, 4.69) is 10.3 Å². The van der Waals surface area contributed by atoms with Crippen LogP contribution in [0.3, 0.4) is 0 Å². The molecule has 3 aromatic rings. The Hall–Kier alpha value is -3.11. The molecule has 1 aromatic heterocycles. The number of aryl methyl sites for hydroxylation is 2. The molecule has 2 aromatic carbocycles. The number of hydrogen-bond acceptors (Lipinski definition) is 5. The molecule has 3 N–H and O–H groups in total. The smallest absolute Gasteiger partial charge is 0.421 e. The third-order valence-electron chi connectivity index (χ3n) is 5.61. The molecule has 0 saturated carbocycles. The molecule has 0 aliphatic carbocycles. The number of pyridine rings is 1. The first-order valence-corrected chi connectivity index (χ1v) is 10.5. The van der Waals surface area contributed by atoms with Crippen LogP contribution in [0.2, 0.25) is 0 Å². The number of benzene rings is 2. The molecule has 10 heteroatoms. The molecule has 0 fully saturated rings. The molecule has 1 heterocycles. The summed E-state index contributed by atoms with van der Waals surface area (Å²) in [6, 6.07) is 6.58. The van der Waals surface area contributed by atoms with E-state index in [1.54, 1.807) is 19.1 Å². The summed E-state index contributed by atoms with van der Waals surface area (Å²) < 4.78 is 68.2. The topological polar surface area (TPSA) is 83.6 Å². The number of H-pyrrole nitrogens is 1. The highest BCUT2D eigenvalue weighted by Gasteiger charge is 2.60. The third kappa shape index (κ3) is 4.74. The van der Waals surface area contributed by atoms with Crippen LogP contribution in [0.4, 0.5) is 23.2 Å². The van der Waals surface area contributed by atoms with Crippen LogP contribution in [-0.4, -0.2) is 42.2 Å². The maximum atomic E-state index is 14.9. The zero-order valence-electron chi connectivity index (χ0n) is 19.1. The van der Waals surface area contributed by atoms with E-state index in [4.69, 9.17) is 9.47 Å². The lowest BCUT2D eigenvalue weighted by atomic mass is 9.86. The van der Waals surface area contributed by atoms with Gasteiger partial charge in [-0.2, -0.15) is 13.2 Å². The fourth-order valence-electron chi connectivity index (χ4n) is 3.83. The first-order chi connectivity index (χ1) is 15.9. The molecule has 0 radical (unpaired) electrons. The maximum absolute atomic E-state index is 14.9. The van der Waals surface area contributed by atoms with Gasteiger partial charge in [-0.3, -0.25) is 4.79 Å². The van der Waals surface area contributed by atoms with Gasteiger partial charge in [0.15, 0.2) is 11.6 Å². The molecule has 34 heavy (non-hydrogen) atoms. The van der Waals surface area contributed by atoms with Crippen LogP contribution in [0, 0.1) is 19.7 Å². The molecule has 2 atom stereocenters. The zero-order valence-corrected chi connectivity index (χ0v) is 19.1. The average Bonchev–Trinajstić information content (AvgIpc) is 2.76. The van der Waals surface area contributed by atoms with Crippen LogP contribution in [0.25, 0.3) is 10.9 Å². The number of aliphatic hydroxyl groups is 1. The summed E-state index contributed by atoms with van der Waals surface area (Å²) in [6.45, 7) is 3.45. The van der Waals surface area contributed by atoms with Crippen LogP contribution in [-0.2, 0) is 4.74 Å². The van der Waals surface area contributed by atoms with Crippen LogP contribution in [0.15, 0.2) is 41.2 Å².